The maximum Gasteiger partial charge on any atom is 0.217 e. The number of hydrogen-bond acceptors (Lipinski definition) is 2. The normalized spacial score (nSPS) is 14.0. The van der Waals surface area contributed by atoms with Gasteiger partial charge < -0.3 is 5.11 Å². The van der Waals surface area contributed by atoms with E-state index in [-0.39, 0.29) is 17.2 Å². The zero-order chi connectivity index (χ0) is 15.5. The number of hydrogen-bond donors (Lipinski definition) is 0. The number of benzene rings is 1. The van der Waals surface area contributed by atoms with Gasteiger partial charge in [0.2, 0.25) is 11.9 Å². The zero-order valence-electron chi connectivity index (χ0n) is 13.1. The summed E-state index contributed by atoms with van der Waals surface area (Å²) in [7, 11) is 0. The SMILES string of the molecule is CC(c1cccc[n+]1/N=C(\[O-])c1ccccc1)C(C)(C)C. The van der Waals surface area contributed by atoms with Crippen LogP contribution in [0.1, 0.15) is 44.9 Å². The summed E-state index contributed by atoms with van der Waals surface area (Å²) in [5, 5.41) is 16.5. The molecule has 0 aliphatic carbocycles. The molecule has 1 aromatic carbocycles. The van der Waals surface area contributed by atoms with Crippen molar-refractivity contribution in [3.05, 3.63) is 66.0 Å². The number of nitrogens with zero attached hydrogens (tertiary/aromatic N) is 2. The topological polar surface area (TPSA) is 39.3 Å². The summed E-state index contributed by atoms with van der Waals surface area (Å²) < 4.78 is 1.70. The quantitative estimate of drug-likeness (QED) is 0.484. The minimum absolute atomic E-state index is 0.106. The van der Waals surface area contributed by atoms with E-state index in [0.29, 0.717) is 5.56 Å². The lowest BCUT2D eigenvalue weighted by atomic mass is 9.80. The Balaban J connectivity index is 2.42. The van der Waals surface area contributed by atoms with E-state index in [0.717, 1.165) is 5.69 Å². The van der Waals surface area contributed by atoms with Crippen molar-refractivity contribution in [3.63, 3.8) is 0 Å². The highest BCUT2D eigenvalue weighted by Gasteiger charge is 2.29. The van der Waals surface area contributed by atoms with Crippen LogP contribution in [0.4, 0.5) is 0 Å². The first-order valence-corrected chi connectivity index (χ1v) is 7.21. The third-order valence-electron chi connectivity index (χ3n) is 3.83. The second-order valence-corrected chi connectivity index (χ2v) is 6.33. The second kappa shape index (κ2) is 6.08. The highest BCUT2D eigenvalue weighted by molar-refractivity contribution is 5.89. The van der Waals surface area contributed by atoms with Gasteiger partial charge in [0.15, 0.2) is 0 Å². The van der Waals surface area contributed by atoms with E-state index >= 15 is 0 Å². The van der Waals surface area contributed by atoms with Crippen LogP contribution in [0.15, 0.2) is 59.8 Å². The highest BCUT2D eigenvalue weighted by Crippen LogP contribution is 2.32. The average Bonchev–Trinajstić information content (AvgIpc) is 2.47. The van der Waals surface area contributed by atoms with E-state index in [1.165, 1.54) is 0 Å². The lowest BCUT2D eigenvalue weighted by Gasteiger charge is -2.24. The van der Waals surface area contributed by atoms with Gasteiger partial charge in [0, 0.05) is 18.1 Å². The monoisotopic (exact) mass is 282 g/mol. The molecule has 2 rings (SSSR count). The molecular formula is C18H22N2O. The predicted octanol–water partition coefficient (Wildman–Crippen LogP) is 2.69. The minimum Gasteiger partial charge on any atom is -0.854 e. The van der Waals surface area contributed by atoms with Gasteiger partial charge in [0.25, 0.3) is 0 Å². The third kappa shape index (κ3) is 3.69. The first kappa shape index (κ1) is 15.2. The smallest absolute Gasteiger partial charge is 0.217 e. The summed E-state index contributed by atoms with van der Waals surface area (Å²) in [6.45, 7) is 8.73. The van der Waals surface area contributed by atoms with Gasteiger partial charge in [0.1, 0.15) is 0 Å². The Morgan fingerprint density at radius 1 is 1.05 bits per heavy atom. The van der Waals surface area contributed by atoms with Gasteiger partial charge in [-0.1, -0.05) is 62.7 Å². The molecule has 0 spiro atoms. The molecule has 21 heavy (non-hydrogen) atoms. The van der Waals surface area contributed by atoms with Crippen LogP contribution in [0.25, 0.3) is 0 Å². The van der Waals surface area contributed by atoms with Crippen LogP contribution in [-0.4, -0.2) is 5.90 Å². The van der Waals surface area contributed by atoms with Crippen LogP contribution in [0.2, 0.25) is 0 Å². The van der Waals surface area contributed by atoms with Crippen molar-refractivity contribution in [1.29, 1.82) is 0 Å². The fourth-order valence-electron chi connectivity index (χ4n) is 2.06. The van der Waals surface area contributed by atoms with Crippen LogP contribution >= 0.6 is 0 Å². The minimum atomic E-state index is -0.228. The molecule has 1 aromatic heterocycles. The molecule has 1 atom stereocenters. The van der Waals surface area contributed by atoms with Crippen LogP contribution in [-0.2, 0) is 0 Å². The van der Waals surface area contributed by atoms with E-state index in [4.69, 9.17) is 0 Å². The highest BCUT2D eigenvalue weighted by atomic mass is 16.3. The maximum atomic E-state index is 12.3. The fourth-order valence-corrected chi connectivity index (χ4v) is 2.06. The van der Waals surface area contributed by atoms with Crippen molar-refractivity contribution in [2.75, 3.05) is 0 Å². The summed E-state index contributed by atoms with van der Waals surface area (Å²) in [5.41, 5.74) is 1.74. The molecule has 3 heteroatoms. The first-order valence-electron chi connectivity index (χ1n) is 7.21. The Kier molecular flexibility index (Phi) is 4.41. The molecule has 0 saturated heterocycles. The predicted molar refractivity (Wildman–Crippen MR) is 82.9 cm³/mol. The summed E-state index contributed by atoms with van der Waals surface area (Å²) >= 11 is 0. The van der Waals surface area contributed by atoms with Crippen LogP contribution in [0.3, 0.4) is 0 Å². The van der Waals surface area contributed by atoms with E-state index < -0.39 is 0 Å². The van der Waals surface area contributed by atoms with Gasteiger partial charge in [-0.05, 0) is 22.1 Å². The standard InChI is InChI=1S/C18H22N2O/c1-14(18(2,3)4)16-12-8-9-13-20(16)19-17(21)15-10-6-5-7-11-15/h5-14H,1-4H3. The first-order chi connectivity index (χ1) is 9.89. The Bertz CT molecular complexity index is 627. The van der Waals surface area contributed by atoms with Gasteiger partial charge in [-0.2, -0.15) is 0 Å². The lowest BCUT2D eigenvalue weighted by molar-refractivity contribution is -0.690. The van der Waals surface area contributed by atoms with Crippen molar-refractivity contribution in [3.8, 4) is 0 Å². The Hall–Kier alpha value is -2.16. The molecule has 110 valence electrons. The van der Waals surface area contributed by atoms with Crippen LogP contribution < -0.4 is 9.78 Å². The van der Waals surface area contributed by atoms with Crippen molar-refractivity contribution in [2.24, 2.45) is 10.5 Å². The molecule has 1 heterocycles. The van der Waals surface area contributed by atoms with Gasteiger partial charge in [0.05, 0.1) is 5.90 Å². The van der Waals surface area contributed by atoms with Crippen molar-refractivity contribution in [1.82, 2.24) is 0 Å². The average molecular weight is 282 g/mol. The molecule has 0 N–H and O–H groups in total. The zero-order valence-corrected chi connectivity index (χ0v) is 13.1. The Morgan fingerprint density at radius 3 is 2.29 bits per heavy atom. The summed E-state index contributed by atoms with van der Waals surface area (Å²) in [4.78, 5) is 0. The molecule has 0 aliphatic heterocycles. The molecule has 0 amide bonds. The van der Waals surface area contributed by atoms with E-state index in [1.807, 2.05) is 42.6 Å². The molecule has 0 radical (unpaired) electrons. The molecule has 0 bridgehead atoms. The maximum absolute atomic E-state index is 12.3. The number of rotatable bonds is 3. The third-order valence-corrected chi connectivity index (χ3v) is 3.83. The fraction of sp³-hybridized carbons (Fsp3) is 0.333. The summed E-state index contributed by atoms with van der Waals surface area (Å²) in [6.07, 6.45) is 1.83. The number of aromatic nitrogens is 1. The molecular weight excluding hydrogens is 260 g/mol. The Labute approximate surface area is 126 Å². The largest absolute Gasteiger partial charge is 0.854 e. The molecule has 2 aromatic rings. The molecule has 0 saturated carbocycles. The molecule has 0 aliphatic rings. The Morgan fingerprint density at radius 2 is 1.67 bits per heavy atom. The van der Waals surface area contributed by atoms with E-state index in [1.54, 1.807) is 16.8 Å². The number of pyridine rings is 1. The van der Waals surface area contributed by atoms with Crippen molar-refractivity contribution in [2.45, 2.75) is 33.6 Å². The lowest BCUT2D eigenvalue weighted by Crippen LogP contribution is -2.40. The second-order valence-electron chi connectivity index (χ2n) is 6.33. The van der Waals surface area contributed by atoms with Crippen molar-refractivity contribution >= 4 is 5.90 Å². The molecule has 1 unspecified atom stereocenters. The van der Waals surface area contributed by atoms with Gasteiger partial charge >= 0.3 is 0 Å². The molecule has 3 nitrogen and oxygen atoms in total. The van der Waals surface area contributed by atoms with Crippen LogP contribution in [0.5, 0.6) is 0 Å². The van der Waals surface area contributed by atoms with E-state index in [2.05, 4.69) is 32.8 Å². The van der Waals surface area contributed by atoms with Gasteiger partial charge in [-0.25, -0.2) is 0 Å². The van der Waals surface area contributed by atoms with Gasteiger partial charge in [-0.3, -0.25) is 0 Å². The molecule has 0 fully saturated rings. The summed E-state index contributed by atoms with van der Waals surface area (Å²) in [5.74, 6) is 0.0557. The van der Waals surface area contributed by atoms with Crippen molar-refractivity contribution < 1.29 is 9.78 Å². The van der Waals surface area contributed by atoms with E-state index in [9.17, 15) is 5.11 Å². The van der Waals surface area contributed by atoms with Crippen LogP contribution in [0, 0.1) is 5.41 Å². The summed E-state index contributed by atoms with van der Waals surface area (Å²) in [6, 6.07) is 15.0. The van der Waals surface area contributed by atoms with Gasteiger partial charge in [-0.15, -0.1) is 0 Å².